The molecule has 0 saturated carbocycles. The van der Waals surface area contributed by atoms with Crippen molar-refractivity contribution in [2.24, 2.45) is 5.92 Å². The van der Waals surface area contributed by atoms with Gasteiger partial charge in [-0.3, -0.25) is 9.69 Å². The van der Waals surface area contributed by atoms with Crippen molar-refractivity contribution in [1.82, 2.24) is 19.9 Å². The van der Waals surface area contributed by atoms with Crippen molar-refractivity contribution in [3.63, 3.8) is 0 Å². The predicted molar refractivity (Wildman–Crippen MR) is 149 cm³/mol. The number of carbonyl (C=O) groups is 1. The first-order valence-corrected chi connectivity index (χ1v) is 13.4. The molecule has 2 atom stereocenters. The molecule has 1 aliphatic heterocycles. The number of hydrogen-bond acceptors (Lipinski definition) is 5. The number of nitrogens with zero attached hydrogens (tertiary/aromatic N) is 4. The normalized spacial score (nSPS) is 16.4. The summed E-state index contributed by atoms with van der Waals surface area (Å²) < 4.78 is 23.8. The number of hydrogen-bond donors (Lipinski definition) is 1. The summed E-state index contributed by atoms with van der Waals surface area (Å²) in [5, 5.41) is 18.1. The third kappa shape index (κ3) is 5.96. The first kappa shape index (κ1) is 30.2. The van der Waals surface area contributed by atoms with Gasteiger partial charge in [-0.2, -0.15) is 0 Å². The molecule has 206 valence electrons. The van der Waals surface area contributed by atoms with Crippen LogP contribution in [0, 0.1) is 18.7 Å². The second-order valence-corrected chi connectivity index (χ2v) is 11.1. The molecule has 0 unspecified atom stereocenters. The molecule has 0 fully saturated rings. The predicted octanol–water partition coefficient (Wildman–Crippen LogP) is 3.04. The summed E-state index contributed by atoms with van der Waals surface area (Å²) in [4.78, 5) is 14.6. The molecule has 0 saturated heterocycles. The molecule has 0 amide bonds. The van der Waals surface area contributed by atoms with E-state index in [0.717, 1.165) is 41.1 Å². The molecule has 9 heteroatoms. The number of halogens is 1. The van der Waals surface area contributed by atoms with E-state index in [2.05, 4.69) is 42.0 Å². The Hall–Kier alpha value is -2.78. The Bertz CT molecular complexity index is 1540. The van der Waals surface area contributed by atoms with Gasteiger partial charge in [0.1, 0.15) is 16.9 Å². The van der Waals surface area contributed by atoms with Crippen molar-refractivity contribution in [1.29, 1.82) is 0 Å². The van der Waals surface area contributed by atoms with Crippen LogP contribution < -0.4 is 34.3 Å². The van der Waals surface area contributed by atoms with E-state index in [1.165, 1.54) is 0 Å². The van der Waals surface area contributed by atoms with E-state index in [4.69, 9.17) is 4.74 Å². The number of benzene rings is 3. The minimum absolute atomic E-state index is 0. The van der Waals surface area contributed by atoms with Crippen LogP contribution in [0.15, 0.2) is 54.6 Å². The molecule has 7 nitrogen and oxygen atoms in total. The molecule has 0 aliphatic carbocycles. The molecule has 0 bridgehead atoms. The molecule has 0 radical (unpaired) electrons. The Morgan fingerprint density at radius 2 is 1.95 bits per heavy atom. The van der Waals surface area contributed by atoms with E-state index in [1.807, 2.05) is 43.3 Å². The van der Waals surface area contributed by atoms with Gasteiger partial charge in [0.2, 0.25) is 0 Å². The van der Waals surface area contributed by atoms with Crippen molar-refractivity contribution >= 4 is 17.0 Å². The molecule has 1 N–H and O–H groups in total. The minimum atomic E-state index is -0.984. The van der Waals surface area contributed by atoms with Gasteiger partial charge in [-0.15, -0.1) is 5.10 Å². The number of aliphatic carboxylic acids is 1. The Morgan fingerprint density at radius 1 is 1.20 bits per heavy atom. The van der Waals surface area contributed by atoms with Crippen molar-refractivity contribution in [2.45, 2.75) is 65.8 Å². The summed E-state index contributed by atoms with van der Waals surface area (Å²) in [6.45, 7) is 12.4. The van der Waals surface area contributed by atoms with E-state index >= 15 is 4.39 Å². The van der Waals surface area contributed by atoms with E-state index < -0.39 is 23.6 Å². The summed E-state index contributed by atoms with van der Waals surface area (Å²) in [5.41, 5.74) is 4.75. The maximum Gasteiger partial charge on any atom is 1.00 e. The number of carboxylic acids is 1. The molecule has 3 aromatic carbocycles. The fraction of sp³-hybridized carbons (Fsp3) is 0.387. The van der Waals surface area contributed by atoms with E-state index in [1.54, 1.807) is 23.7 Å². The van der Waals surface area contributed by atoms with E-state index in [9.17, 15) is 9.90 Å². The SMILES string of the molecule is CCn1nnc2c(F)c([C@H](c3ccc(C)c(CN4Cc5ccccc5OC(C)(C)C4)c3)[C@@H](C)C(=O)O)ccc21.[H-].[Na+]. The third-order valence-corrected chi connectivity index (χ3v) is 7.66. The largest absolute Gasteiger partial charge is 1.00 e. The number of ether oxygens (including phenoxy) is 1. The van der Waals surface area contributed by atoms with Crippen molar-refractivity contribution < 1.29 is 50.0 Å². The van der Waals surface area contributed by atoms with Gasteiger partial charge >= 0.3 is 35.5 Å². The zero-order valence-corrected chi connectivity index (χ0v) is 26.1. The van der Waals surface area contributed by atoms with Crippen LogP contribution in [0.2, 0.25) is 0 Å². The first-order chi connectivity index (χ1) is 18.6. The van der Waals surface area contributed by atoms with Crippen LogP contribution in [0.25, 0.3) is 11.0 Å². The molecule has 1 aromatic heterocycles. The average molecular weight is 555 g/mol. The second-order valence-electron chi connectivity index (χ2n) is 11.1. The summed E-state index contributed by atoms with van der Waals surface area (Å²) in [5.74, 6) is -2.15. The number of para-hydroxylation sites is 1. The van der Waals surface area contributed by atoms with Crippen LogP contribution in [0.4, 0.5) is 4.39 Å². The van der Waals surface area contributed by atoms with E-state index in [0.29, 0.717) is 24.2 Å². The van der Waals surface area contributed by atoms with Gasteiger partial charge in [-0.1, -0.05) is 54.6 Å². The third-order valence-electron chi connectivity index (χ3n) is 7.66. The second kappa shape index (κ2) is 12.0. The summed E-state index contributed by atoms with van der Waals surface area (Å²) >= 11 is 0. The fourth-order valence-corrected chi connectivity index (χ4v) is 5.68. The minimum Gasteiger partial charge on any atom is -1.00 e. The number of fused-ring (bicyclic) bond motifs is 2. The van der Waals surface area contributed by atoms with Gasteiger partial charge < -0.3 is 11.3 Å². The van der Waals surface area contributed by atoms with Crippen LogP contribution in [0.1, 0.15) is 62.9 Å². The Morgan fingerprint density at radius 3 is 2.67 bits per heavy atom. The molecule has 2 heterocycles. The van der Waals surface area contributed by atoms with Crippen LogP contribution in [0.5, 0.6) is 5.75 Å². The monoisotopic (exact) mass is 554 g/mol. The van der Waals surface area contributed by atoms with Crippen LogP contribution in [-0.4, -0.2) is 43.1 Å². The van der Waals surface area contributed by atoms with Gasteiger partial charge in [-0.05, 0) is 62.1 Å². The molecular formula is C31H36FN4NaO3. The zero-order chi connectivity index (χ0) is 27.9. The number of rotatable bonds is 7. The first-order valence-electron chi connectivity index (χ1n) is 13.4. The summed E-state index contributed by atoms with van der Waals surface area (Å²) in [6.07, 6.45) is 0. The van der Waals surface area contributed by atoms with Gasteiger partial charge in [-0.25, -0.2) is 9.07 Å². The van der Waals surface area contributed by atoms with Crippen molar-refractivity contribution in [3.05, 3.63) is 88.2 Å². The molecule has 0 spiro atoms. The summed E-state index contributed by atoms with van der Waals surface area (Å²) in [6, 6.07) is 17.5. The number of aryl methyl sites for hydroxylation is 2. The summed E-state index contributed by atoms with van der Waals surface area (Å²) in [7, 11) is 0. The maximum absolute atomic E-state index is 15.9. The van der Waals surface area contributed by atoms with Crippen LogP contribution in [-0.2, 0) is 24.4 Å². The Kier molecular flexibility index (Phi) is 9.05. The zero-order valence-electron chi connectivity index (χ0n) is 25.1. The number of carboxylic acid groups (broad SMARTS) is 1. The Balaban J connectivity index is 0.00000231. The molecule has 5 rings (SSSR count). The van der Waals surface area contributed by atoms with Crippen LogP contribution >= 0.6 is 0 Å². The smallest absolute Gasteiger partial charge is 1.00 e. The van der Waals surface area contributed by atoms with Gasteiger partial charge in [0.25, 0.3) is 0 Å². The quantitative estimate of drug-likeness (QED) is 0.354. The van der Waals surface area contributed by atoms with E-state index in [-0.39, 0.29) is 42.1 Å². The maximum atomic E-state index is 15.9. The van der Waals surface area contributed by atoms with Crippen molar-refractivity contribution in [2.75, 3.05) is 6.54 Å². The van der Waals surface area contributed by atoms with Crippen LogP contribution in [0.3, 0.4) is 0 Å². The van der Waals surface area contributed by atoms with Gasteiger partial charge in [0.15, 0.2) is 5.82 Å². The molecule has 4 aromatic rings. The molecule has 1 aliphatic rings. The van der Waals surface area contributed by atoms with Gasteiger partial charge in [0, 0.05) is 37.7 Å². The fourth-order valence-electron chi connectivity index (χ4n) is 5.68. The van der Waals surface area contributed by atoms with Gasteiger partial charge in [0.05, 0.1) is 11.4 Å². The average Bonchev–Trinajstić information content (AvgIpc) is 3.26. The molecular weight excluding hydrogens is 518 g/mol. The topological polar surface area (TPSA) is 80.5 Å². The number of aromatic nitrogens is 3. The molecule has 40 heavy (non-hydrogen) atoms. The Labute approximate surface area is 258 Å². The standard InChI is InChI=1S/C31H35FN4O3.Na.H/c1-6-36-25-14-13-24(28(32)29(25)33-34-36)27(20(3)30(37)38)21-12-11-19(2)23(15-21)17-35-16-22-9-7-8-10-26(22)39-31(4,5)18-35;;/h7-15,20,27H,6,16-18H2,1-5H3,(H,37,38);;/q;+1;-1/t20-,27+;;/m1../s1. The van der Waals surface area contributed by atoms with Crippen molar-refractivity contribution in [3.8, 4) is 5.75 Å².